The molecular weight excluding hydrogens is 630 g/mol. The van der Waals surface area contributed by atoms with Crippen molar-refractivity contribution < 1.29 is 32.2 Å². The van der Waals surface area contributed by atoms with Crippen LogP contribution in [-0.2, 0) is 26.2 Å². The molecule has 2 amide bonds. The van der Waals surface area contributed by atoms with E-state index in [1.807, 2.05) is 31.2 Å². The van der Waals surface area contributed by atoms with Gasteiger partial charge in [0.2, 0.25) is 11.8 Å². The maximum Gasteiger partial charge on any atom is 0.265 e. The molecule has 0 radical (unpaired) electrons. The highest BCUT2D eigenvalue weighted by Gasteiger charge is 2.35. The van der Waals surface area contributed by atoms with E-state index in [1.165, 1.54) is 56.6 Å². The number of methoxy groups -OCH3 is 3. The number of sulfonamides is 1. The van der Waals surface area contributed by atoms with Crippen LogP contribution in [0, 0.1) is 6.92 Å². The molecule has 3 aromatic rings. The van der Waals surface area contributed by atoms with Crippen LogP contribution in [0.4, 0.5) is 5.69 Å². The van der Waals surface area contributed by atoms with E-state index in [0.717, 1.165) is 47.5 Å². The van der Waals surface area contributed by atoms with Crippen molar-refractivity contribution in [2.75, 3.05) is 32.2 Å². The van der Waals surface area contributed by atoms with Gasteiger partial charge in [0.1, 0.15) is 18.3 Å². The highest BCUT2D eigenvalue weighted by Crippen LogP contribution is 2.37. The Balaban J connectivity index is 1.76. The molecular formula is C34H42ClN3O7S. The van der Waals surface area contributed by atoms with Gasteiger partial charge in [-0.25, -0.2) is 8.42 Å². The molecule has 248 valence electrons. The van der Waals surface area contributed by atoms with Gasteiger partial charge in [-0.2, -0.15) is 0 Å². The zero-order valence-corrected chi connectivity index (χ0v) is 28.5. The molecule has 0 aromatic heterocycles. The Labute approximate surface area is 276 Å². The number of amides is 2. The first-order valence-electron chi connectivity index (χ1n) is 15.2. The summed E-state index contributed by atoms with van der Waals surface area (Å²) < 4.78 is 45.9. The molecule has 0 spiro atoms. The number of nitrogens with zero attached hydrogens (tertiary/aromatic N) is 2. The van der Waals surface area contributed by atoms with E-state index < -0.39 is 28.5 Å². The van der Waals surface area contributed by atoms with Crippen LogP contribution in [0.1, 0.15) is 50.2 Å². The Morgan fingerprint density at radius 3 is 2.15 bits per heavy atom. The second-order valence-corrected chi connectivity index (χ2v) is 13.7. The fraction of sp³-hybridized carbons (Fsp3) is 0.412. The lowest BCUT2D eigenvalue weighted by Crippen LogP contribution is -2.53. The van der Waals surface area contributed by atoms with Crippen molar-refractivity contribution >= 4 is 39.1 Å². The Morgan fingerprint density at radius 1 is 0.891 bits per heavy atom. The predicted octanol–water partition coefficient (Wildman–Crippen LogP) is 5.74. The molecule has 0 heterocycles. The third kappa shape index (κ3) is 8.24. The van der Waals surface area contributed by atoms with E-state index in [2.05, 4.69) is 5.32 Å². The van der Waals surface area contributed by atoms with Gasteiger partial charge in [-0.3, -0.25) is 13.9 Å². The van der Waals surface area contributed by atoms with Crippen LogP contribution in [0.25, 0.3) is 0 Å². The normalized spacial score (nSPS) is 14.2. The number of hydrogen-bond acceptors (Lipinski definition) is 7. The zero-order chi connectivity index (χ0) is 33.4. The van der Waals surface area contributed by atoms with Crippen molar-refractivity contribution in [3.05, 3.63) is 76.8 Å². The topological polar surface area (TPSA) is 114 Å². The third-order valence-corrected chi connectivity index (χ3v) is 10.2. The van der Waals surface area contributed by atoms with Gasteiger partial charge in [-0.05, 0) is 62.6 Å². The van der Waals surface area contributed by atoms with Crippen LogP contribution >= 0.6 is 11.6 Å². The van der Waals surface area contributed by atoms with Gasteiger partial charge in [0.05, 0.1) is 31.9 Å². The van der Waals surface area contributed by atoms with E-state index in [4.69, 9.17) is 25.8 Å². The Morgan fingerprint density at radius 2 is 1.52 bits per heavy atom. The average Bonchev–Trinajstić information content (AvgIpc) is 3.06. The SMILES string of the molecule is COc1ccc(S(=O)(=O)N(CC(=O)N(Cc2ccc(C)cc2)[C@@H](C)C(=O)NC2CCCCC2)c2cc(Cl)ccc2OC)cc1OC. The summed E-state index contributed by atoms with van der Waals surface area (Å²) in [5.41, 5.74) is 1.91. The van der Waals surface area contributed by atoms with Crippen molar-refractivity contribution in [2.45, 2.75) is 69.5 Å². The van der Waals surface area contributed by atoms with Crippen molar-refractivity contribution in [1.29, 1.82) is 0 Å². The van der Waals surface area contributed by atoms with Crippen LogP contribution in [0.15, 0.2) is 65.6 Å². The molecule has 1 aliphatic rings. The fourth-order valence-corrected chi connectivity index (χ4v) is 7.12. The van der Waals surface area contributed by atoms with Crippen LogP contribution in [0.5, 0.6) is 17.2 Å². The number of benzene rings is 3. The lowest BCUT2D eigenvalue weighted by atomic mass is 9.95. The minimum absolute atomic E-state index is 0.0395. The van der Waals surface area contributed by atoms with Crippen molar-refractivity contribution in [3.63, 3.8) is 0 Å². The summed E-state index contributed by atoms with van der Waals surface area (Å²) in [7, 11) is -0.178. The Kier molecular flexibility index (Phi) is 11.8. The Hall–Kier alpha value is -3.96. The number of carbonyl (C=O) groups excluding carboxylic acids is 2. The molecule has 1 fully saturated rings. The maximum atomic E-state index is 14.4. The predicted molar refractivity (Wildman–Crippen MR) is 178 cm³/mol. The quantitative estimate of drug-likeness (QED) is 0.247. The van der Waals surface area contributed by atoms with E-state index in [1.54, 1.807) is 13.0 Å². The molecule has 1 N–H and O–H groups in total. The average molecular weight is 672 g/mol. The first kappa shape index (κ1) is 34.9. The number of anilines is 1. The summed E-state index contributed by atoms with van der Waals surface area (Å²) in [6.45, 7) is 3.08. The van der Waals surface area contributed by atoms with E-state index in [-0.39, 0.29) is 45.6 Å². The number of hydrogen-bond donors (Lipinski definition) is 1. The van der Waals surface area contributed by atoms with Gasteiger partial charge in [0.15, 0.2) is 11.5 Å². The lowest BCUT2D eigenvalue weighted by Gasteiger charge is -2.33. The maximum absolute atomic E-state index is 14.4. The molecule has 1 aliphatic carbocycles. The smallest absolute Gasteiger partial charge is 0.265 e. The highest BCUT2D eigenvalue weighted by molar-refractivity contribution is 7.92. The number of aryl methyl sites for hydroxylation is 1. The van der Waals surface area contributed by atoms with Crippen molar-refractivity contribution in [3.8, 4) is 17.2 Å². The molecule has 0 aliphatic heterocycles. The summed E-state index contributed by atoms with van der Waals surface area (Å²) in [5, 5.41) is 3.35. The van der Waals surface area contributed by atoms with E-state index >= 15 is 0 Å². The lowest BCUT2D eigenvalue weighted by molar-refractivity contribution is -0.139. The molecule has 4 rings (SSSR count). The standard InChI is InChI=1S/C34H42ClN3O7S/c1-23-11-13-25(14-12-23)21-37(24(2)34(40)36-27-9-7-6-8-10-27)33(39)22-38(29-19-26(35)15-17-30(29)43-3)46(41,42)28-16-18-31(44-4)32(20-28)45-5/h11-20,24,27H,6-10,21-22H2,1-5H3,(H,36,40)/t24-/m0/s1. The van der Waals surface area contributed by atoms with E-state index in [0.29, 0.717) is 5.75 Å². The molecule has 0 bridgehead atoms. The molecule has 0 saturated heterocycles. The van der Waals surface area contributed by atoms with Gasteiger partial charge >= 0.3 is 0 Å². The van der Waals surface area contributed by atoms with Crippen LogP contribution in [-0.4, -0.2) is 65.1 Å². The first-order valence-corrected chi connectivity index (χ1v) is 17.0. The van der Waals surface area contributed by atoms with Crippen molar-refractivity contribution in [2.24, 2.45) is 0 Å². The number of ether oxygens (including phenoxy) is 3. The van der Waals surface area contributed by atoms with Crippen LogP contribution in [0.2, 0.25) is 5.02 Å². The van der Waals surface area contributed by atoms with Gasteiger partial charge < -0.3 is 24.4 Å². The summed E-state index contributed by atoms with van der Waals surface area (Å²) in [5.74, 6) is -0.150. The molecule has 12 heteroatoms. The summed E-state index contributed by atoms with van der Waals surface area (Å²) in [6, 6.07) is 15.5. The minimum atomic E-state index is -4.43. The van der Waals surface area contributed by atoms with Crippen LogP contribution in [0.3, 0.4) is 0 Å². The van der Waals surface area contributed by atoms with Crippen molar-refractivity contribution in [1.82, 2.24) is 10.2 Å². The van der Waals surface area contributed by atoms with E-state index in [9.17, 15) is 18.0 Å². The number of carbonyl (C=O) groups is 2. The first-order chi connectivity index (χ1) is 22.0. The molecule has 1 saturated carbocycles. The van der Waals surface area contributed by atoms with Gasteiger partial charge in [-0.15, -0.1) is 0 Å². The second kappa shape index (κ2) is 15.6. The molecule has 1 atom stereocenters. The molecule has 3 aromatic carbocycles. The number of nitrogens with one attached hydrogen (secondary N) is 1. The second-order valence-electron chi connectivity index (χ2n) is 11.4. The number of halogens is 1. The van der Waals surface area contributed by atoms with Crippen LogP contribution < -0.4 is 23.8 Å². The fourth-order valence-electron chi connectivity index (χ4n) is 5.52. The summed E-state index contributed by atoms with van der Waals surface area (Å²) >= 11 is 6.34. The monoisotopic (exact) mass is 671 g/mol. The molecule has 46 heavy (non-hydrogen) atoms. The van der Waals surface area contributed by atoms with Gasteiger partial charge in [0.25, 0.3) is 10.0 Å². The third-order valence-electron chi connectivity index (χ3n) is 8.22. The zero-order valence-electron chi connectivity index (χ0n) is 26.9. The minimum Gasteiger partial charge on any atom is -0.495 e. The number of rotatable bonds is 13. The Bertz CT molecular complexity index is 1630. The summed E-state index contributed by atoms with van der Waals surface area (Å²) in [6.07, 6.45) is 4.98. The highest BCUT2D eigenvalue weighted by atomic mass is 35.5. The molecule has 0 unspecified atom stereocenters. The molecule has 10 nitrogen and oxygen atoms in total. The largest absolute Gasteiger partial charge is 0.495 e. The van der Waals surface area contributed by atoms with Gasteiger partial charge in [-0.1, -0.05) is 60.7 Å². The summed E-state index contributed by atoms with van der Waals surface area (Å²) in [4.78, 5) is 29.2. The van der Waals surface area contributed by atoms with Gasteiger partial charge in [0, 0.05) is 23.7 Å².